The molecule has 3 aromatic rings. The monoisotopic (exact) mass is 314 g/mol. The van der Waals surface area contributed by atoms with Crippen LogP contribution in [-0.4, -0.2) is 6.61 Å². The van der Waals surface area contributed by atoms with Gasteiger partial charge in [-0.15, -0.1) is 11.3 Å². The van der Waals surface area contributed by atoms with Crippen LogP contribution >= 0.6 is 11.3 Å². The van der Waals surface area contributed by atoms with Crippen molar-refractivity contribution in [1.29, 1.82) is 0 Å². The van der Waals surface area contributed by atoms with Crippen LogP contribution in [0.3, 0.4) is 0 Å². The Morgan fingerprint density at radius 3 is 2.50 bits per heavy atom. The first-order chi connectivity index (χ1) is 10.7. The van der Waals surface area contributed by atoms with Crippen LogP contribution in [0.5, 0.6) is 0 Å². The second-order valence-electron chi connectivity index (χ2n) is 5.36. The van der Waals surface area contributed by atoms with Crippen LogP contribution < -0.4 is 0 Å². The molecule has 0 fully saturated rings. The van der Waals surface area contributed by atoms with Crippen molar-refractivity contribution < 1.29 is 9.13 Å². The number of benzene rings is 2. The molecular formula is C19H19FOS. The lowest BCUT2D eigenvalue weighted by atomic mass is 10.0. The first-order valence-electron chi connectivity index (χ1n) is 7.53. The van der Waals surface area contributed by atoms with Crippen LogP contribution in [0.25, 0.3) is 10.1 Å². The number of halogens is 1. The van der Waals surface area contributed by atoms with Gasteiger partial charge in [-0.3, -0.25) is 0 Å². The van der Waals surface area contributed by atoms with Gasteiger partial charge in [0.2, 0.25) is 0 Å². The minimum absolute atomic E-state index is 0.0212. The van der Waals surface area contributed by atoms with Gasteiger partial charge in [0.1, 0.15) is 5.82 Å². The third kappa shape index (κ3) is 3.06. The maximum Gasteiger partial charge on any atom is 0.123 e. The van der Waals surface area contributed by atoms with Crippen LogP contribution in [0.15, 0.2) is 48.5 Å². The van der Waals surface area contributed by atoms with Crippen LogP contribution in [-0.2, 0) is 11.2 Å². The quantitative estimate of drug-likeness (QED) is 0.589. The molecule has 1 heterocycles. The average Bonchev–Trinajstić information content (AvgIpc) is 2.87. The van der Waals surface area contributed by atoms with Gasteiger partial charge in [0.05, 0.1) is 6.10 Å². The Morgan fingerprint density at radius 2 is 1.82 bits per heavy atom. The van der Waals surface area contributed by atoms with Crippen molar-refractivity contribution in [2.24, 2.45) is 0 Å². The summed E-state index contributed by atoms with van der Waals surface area (Å²) in [5, 5.41) is 1.30. The van der Waals surface area contributed by atoms with E-state index in [2.05, 4.69) is 31.2 Å². The highest BCUT2D eigenvalue weighted by Gasteiger charge is 2.19. The van der Waals surface area contributed by atoms with Crippen molar-refractivity contribution in [3.63, 3.8) is 0 Å². The highest BCUT2D eigenvalue weighted by molar-refractivity contribution is 7.19. The molecule has 0 spiro atoms. The molecule has 0 aliphatic rings. The van der Waals surface area contributed by atoms with E-state index in [-0.39, 0.29) is 11.9 Å². The highest BCUT2D eigenvalue weighted by Crippen LogP contribution is 2.37. The average molecular weight is 314 g/mol. The minimum atomic E-state index is -0.199. The van der Waals surface area contributed by atoms with Crippen LogP contribution in [0, 0.1) is 12.7 Å². The molecule has 0 radical (unpaired) electrons. The molecule has 0 saturated heterocycles. The van der Waals surface area contributed by atoms with Gasteiger partial charge in [-0.1, -0.05) is 30.3 Å². The zero-order chi connectivity index (χ0) is 15.5. The van der Waals surface area contributed by atoms with E-state index in [4.69, 9.17) is 4.74 Å². The number of aryl methyl sites for hydroxylation is 1. The predicted octanol–water partition coefficient (Wildman–Crippen LogP) is 5.67. The van der Waals surface area contributed by atoms with E-state index < -0.39 is 0 Å². The molecule has 1 nitrogen and oxygen atoms in total. The molecule has 3 heteroatoms. The first-order valence-corrected chi connectivity index (χ1v) is 8.34. The van der Waals surface area contributed by atoms with Gasteiger partial charge in [-0.2, -0.15) is 0 Å². The van der Waals surface area contributed by atoms with E-state index in [1.165, 1.54) is 32.7 Å². The summed E-state index contributed by atoms with van der Waals surface area (Å²) < 4.78 is 20.3. The molecule has 114 valence electrons. The zero-order valence-electron chi connectivity index (χ0n) is 12.8. The molecule has 0 amide bonds. The lowest BCUT2D eigenvalue weighted by Gasteiger charge is -2.17. The third-order valence-corrected chi connectivity index (χ3v) is 5.24. The van der Waals surface area contributed by atoms with Crippen molar-refractivity contribution in [3.05, 3.63) is 70.4 Å². The Balaban J connectivity index is 1.95. The lowest BCUT2D eigenvalue weighted by molar-refractivity contribution is 0.0650. The summed E-state index contributed by atoms with van der Waals surface area (Å²) in [5.74, 6) is -0.199. The largest absolute Gasteiger partial charge is 0.373 e. The number of thiophene rings is 1. The molecule has 22 heavy (non-hydrogen) atoms. The van der Waals surface area contributed by atoms with Crippen LogP contribution in [0.1, 0.15) is 29.0 Å². The molecule has 0 saturated carbocycles. The lowest BCUT2D eigenvalue weighted by Crippen LogP contribution is -2.07. The van der Waals surface area contributed by atoms with Gasteiger partial charge < -0.3 is 4.74 Å². The number of rotatable bonds is 5. The Morgan fingerprint density at radius 1 is 1.09 bits per heavy atom. The van der Waals surface area contributed by atoms with Crippen LogP contribution in [0.2, 0.25) is 0 Å². The molecular weight excluding hydrogens is 295 g/mol. The van der Waals surface area contributed by atoms with Crippen molar-refractivity contribution >= 4 is 21.4 Å². The molecule has 0 aliphatic carbocycles. The number of ether oxygens (including phenoxy) is 1. The number of fused-ring (bicyclic) bond motifs is 1. The van der Waals surface area contributed by atoms with Gasteiger partial charge in [-0.25, -0.2) is 4.39 Å². The van der Waals surface area contributed by atoms with Crippen molar-refractivity contribution in [1.82, 2.24) is 0 Å². The number of hydrogen-bond donors (Lipinski definition) is 0. The van der Waals surface area contributed by atoms with E-state index in [9.17, 15) is 4.39 Å². The minimum Gasteiger partial charge on any atom is -0.373 e. The van der Waals surface area contributed by atoms with Crippen molar-refractivity contribution in [2.75, 3.05) is 6.61 Å². The normalized spacial score (nSPS) is 12.7. The molecule has 1 aromatic heterocycles. The fraction of sp³-hybridized carbons (Fsp3) is 0.263. The summed E-state index contributed by atoms with van der Waals surface area (Å²) in [6.45, 7) is 4.84. The van der Waals surface area contributed by atoms with E-state index >= 15 is 0 Å². The van der Waals surface area contributed by atoms with Crippen LogP contribution in [0.4, 0.5) is 4.39 Å². The van der Waals surface area contributed by atoms with Crippen molar-refractivity contribution in [2.45, 2.75) is 26.4 Å². The molecule has 0 aliphatic heterocycles. The summed E-state index contributed by atoms with van der Waals surface area (Å²) in [7, 11) is 0. The second-order valence-corrected chi connectivity index (χ2v) is 6.45. The summed E-state index contributed by atoms with van der Waals surface area (Å²) >= 11 is 1.80. The smallest absolute Gasteiger partial charge is 0.123 e. The third-order valence-electron chi connectivity index (χ3n) is 3.88. The fourth-order valence-corrected chi connectivity index (χ4v) is 4.02. The Labute approximate surface area is 134 Å². The topological polar surface area (TPSA) is 9.23 Å². The van der Waals surface area contributed by atoms with Gasteiger partial charge in [-0.05, 0) is 48.6 Å². The van der Waals surface area contributed by atoms with E-state index in [1.807, 2.05) is 19.1 Å². The molecule has 3 rings (SSSR count). The maximum absolute atomic E-state index is 13.1. The van der Waals surface area contributed by atoms with Crippen molar-refractivity contribution in [3.8, 4) is 0 Å². The summed E-state index contributed by atoms with van der Waals surface area (Å²) in [5.41, 5.74) is 2.39. The summed E-state index contributed by atoms with van der Waals surface area (Å²) in [6, 6.07) is 15.1. The first kappa shape index (κ1) is 15.2. The maximum atomic E-state index is 13.1. The van der Waals surface area contributed by atoms with Gasteiger partial charge >= 0.3 is 0 Å². The number of hydrogen-bond acceptors (Lipinski definition) is 2. The zero-order valence-corrected chi connectivity index (χ0v) is 13.6. The Kier molecular flexibility index (Phi) is 4.55. The van der Waals surface area contributed by atoms with E-state index in [1.54, 1.807) is 11.3 Å². The predicted molar refractivity (Wildman–Crippen MR) is 91.0 cm³/mol. The van der Waals surface area contributed by atoms with E-state index in [0.29, 0.717) is 6.61 Å². The van der Waals surface area contributed by atoms with Gasteiger partial charge in [0, 0.05) is 22.6 Å². The van der Waals surface area contributed by atoms with Gasteiger partial charge in [0.15, 0.2) is 0 Å². The van der Waals surface area contributed by atoms with Gasteiger partial charge in [0.25, 0.3) is 0 Å². The molecule has 1 unspecified atom stereocenters. The SMILES string of the molecule is CCOC(Cc1ccc(F)cc1)c1sc2ccccc2c1C. The standard InChI is InChI=1S/C19H19FOS/c1-3-21-17(12-14-8-10-15(20)11-9-14)19-13(2)16-6-4-5-7-18(16)22-19/h4-11,17H,3,12H2,1-2H3. The molecule has 2 aromatic carbocycles. The summed E-state index contributed by atoms with van der Waals surface area (Å²) in [4.78, 5) is 1.27. The molecule has 1 atom stereocenters. The molecule has 0 bridgehead atoms. The Bertz CT molecular complexity index is 761. The van der Waals surface area contributed by atoms with E-state index in [0.717, 1.165) is 12.0 Å². The molecule has 0 N–H and O–H groups in total. The Hall–Kier alpha value is -1.71. The summed E-state index contributed by atoms with van der Waals surface area (Å²) in [6.07, 6.45) is 0.787. The second kappa shape index (κ2) is 6.59. The highest BCUT2D eigenvalue weighted by atomic mass is 32.1. The fourth-order valence-electron chi connectivity index (χ4n) is 2.76.